The molecule has 0 radical (unpaired) electrons. The molecule has 3 unspecified atom stereocenters. The fourth-order valence-electron chi connectivity index (χ4n) is 3.69. The number of rotatable bonds is 4. The molecule has 0 bridgehead atoms. The fourth-order valence-corrected chi connectivity index (χ4v) is 3.69. The highest BCUT2D eigenvalue weighted by atomic mass is 16.4. The molecule has 0 aliphatic heterocycles. The summed E-state index contributed by atoms with van der Waals surface area (Å²) in [5.41, 5.74) is 2.30. The first-order chi connectivity index (χ1) is 9.76. The summed E-state index contributed by atoms with van der Waals surface area (Å²) in [5, 5.41) is 14.1. The van der Waals surface area contributed by atoms with Crippen LogP contribution >= 0.6 is 0 Å². The van der Waals surface area contributed by atoms with Gasteiger partial charge in [0.15, 0.2) is 0 Å². The van der Waals surface area contributed by atoms with E-state index < -0.39 is 5.97 Å². The van der Waals surface area contributed by atoms with Crippen LogP contribution in [0.1, 0.15) is 63.9 Å². The molecule has 1 aliphatic rings. The predicted molar refractivity (Wildman–Crippen MR) is 83.3 cm³/mol. The van der Waals surface area contributed by atoms with Crippen LogP contribution in [0.15, 0.2) is 6.07 Å². The first-order valence-corrected chi connectivity index (χ1v) is 8.01. The molecule has 2 rings (SSSR count). The SMILES string of the molecule is CCC(C)(C)C1CCC(C(=O)O)C(n2nc(C)cc2C)C1. The Morgan fingerprint density at radius 1 is 1.43 bits per heavy atom. The number of carboxylic acid groups (broad SMARTS) is 1. The van der Waals surface area contributed by atoms with E-state index in [1.807, 2.05) is 24.6 Å². The zero-order valence-corrected chi connectivity index (χ0v) is 13.9. The van der Waals surface area contributed by atoms with Crippen molar-refractivity contribution in [2.45, 2.75) is 66.3 Å². The molecule has 1 aliphatic carbocycles. The maximum atomic E-state index is 11.6. The van der Waals surface area contributed by atoms with Crippen LogP contribution in [0.4, 0.5) is 0 Å². The van der Waals surface area contributed by atoms with E-state index in [1.54, 1.807) is 0 Å². The maximum absolute atomic E-state index is 11.6. The lowest BCUT2D eigenvalue weighted by molar-refractivity contribution is -0.145. The molecule has 3 atom stereocenters. The third kappa shape index (κ3) is 3.14. The van der Waals surface area contributed by atoms with Crippen LogP contribution in [-0.2, 0) is 4.79 Å². The second-order valence-corrected chi connectivity index (χ2v) is 7.24. The van der Waals surface area contributed by atoms with Gasteiger partial charge < -0.3 is 5.11 Å². The highest BCUT2D eigenvalue weighted by Crippen LogP contribution is 2.46. The van der Waals surface area contributed by atoms with Gasteiger partial charge in [-0.15, -0.1) is 0 Å². The minimum absolute atomic E-state index is 0.0132. The summed E-state index contributed by atoms with van der Waals surface area (Å²) < 4.78 is 1.96. The van der Waals surface area contributed by atoms with E-state index in [4.69, 9.17) is 0 Å². The average Bonchev–Trinajstić information content (AvgIpc) is 2.76. The number of carboxylic acids is 1. The Kier molecular flexibility index (Phi) is 4.45. The molecule has 1 fully saturated rings. The van der Waals surface area contributed by atoms with Gasteiger partial charge in [0.1, 0.15) is 0 Å². The number of aromatic nitrogens is 2. The fraction of sp³-hybridized carbons (Fsp3) is 0.765. The first kappa shape index (κ1) is 16.1. The van der Waals surface area contributed by atoms with Crippen molar-refractivity contribution in [1.29, 1.82) is 0 Å². The molecule has 0 saturated heterocycles. The summed E-state index contributed by atoms with van der Waals surface area (Å²) in [6.07, 6.45) is 3.80. The van der Waals surface area contributed by atoms with Crippen LogP contribution in [0, 0.1) is 31.1 Å². The number of carbonyl (C=O) groups is 1. The maximum Gasteiger partial charge on any atom is 0.308 e. The molecular weight excluding hydrogens is 264 g/mol. The van der Waals surface area contributed by atoms with Crippen molar-refractivity contribution in [3.05, 3.63) is 17.5 Å². The summed E-state index contributed by atoms with van der Waals surface area (Å²) in [4.78, 5) is 11.6. The third-order valence-corrected chi connectivity index (χ3v) is 5.51. The number of nitrogens with zero attached hydrogens (tertiary/aromatic N) is 2. The zero-order chi connectivity index (χ0) is 15.8. The molecule has 1 heterocycles. The number of hydrogen-bond acceptors (Lipinski definition) is 2. The molecule has 4 nitrogen and oxygen atoms in total. The number of aryl methyl sites for hydroxylation is 2. The van der Waals surface area contributed by atoms with Crippen molar-refractivity contribution in [3.63, 3.8) is 0 Å². The monoisotopic (exact) mass is 292 g/mol. The van der Waals surface area contributed by atoms with Crippen LogP contribution in [0.25, 0.3) is 0 Å². The third-order valence-electron chi connectivity index (χ3n) is 5.51. The van der Waals surface area contributed by atoms with Gasteiger partial charge in [0, 0.05) is 5.69 Å². The van der Waals surface area contributed by atoms with E-state index in [0.29, 0.717) is 5.92 Å². The Balaban J connectivity index is 2.32. The van der Waals surface area contributed by atoms with Crippen LogP contribution in [0.3, 0.4) is 0 Å². The average molecular weight is 292 g/mol. The normalized spacial score (nSPS) is 26.8. The molecule has 0 aromatic carbocycles. The van der Waals surface area contributed by atoms with Gasteiger partial charge in [0.2, 0.25) is 0 Å². The van der Waals surface area contributed by atoms with Gasteiger partial charge in [-0.2, -0.15) is 5.10 Å². The number of hydrogen-bond donors (Lipinski definition) is 1. The Morgan fingerprint density at radius 2 is 2.10 bits per heavy atom. The van der Waals surface area contributed by atoms with E-state index in [1.165, 1.54) is 0 Å². The van der Waals surface area contributed by atoms with Crippen molar-refractivity contribution in [3.8, 4) is 0 Å². The zero-order valence-electron chi connectivity index (χ0n) is 13.9. The quantitative estimate of drug-likeness (QED) is 0.913. The molecule has 1 aromatic rings. The highest BCUT2D eigenvalue weighted by Gasteiger charge is 2.41. The van der Waals surface area contributed by atoms with Gasteiger partial charge in [-0.1, -0.05) is 27.2 Å². The molecule has 1 aromatic heterocycles. The van der Waals surface area contributed by atoms with Gasteiger partial charge in [0.25, 0.3) is 0 Å². The van der Waals surface area contributed by atoms with Crippen LogP contribution < -0.4 is 0 Å². The summed E-state index contributed by atoms with van der Waals surface area (Å²) in [5.74, 6) is -0.431. The van der Waals surface area contributed by atoms with E-state index in [0.717, 1.165) is 37.1 Å². The Bertz CT molecular complexity index is 519. The van der Waals surface area contributed by atoms with E-state index in [9.17, 15) is 9.90 Å². The molecule has 0 spiro atoms. The molecule has 118 valence electrons. The lowest BCUT2D eigenvalue weighted by Crippen LogP contribution is -2.38. The lowest BCUT2D eigenvalue weighted by atomic mass is 9.66. The second-order valence-electron chi connectivity index (χ2n) is 7.24. The molecule has 4 heteroatoms. The van der Waals surface area contributed by atoms with Gasteiger partial charge in [-0.3, -0.25) is 9.48 Å². The Morgan fingerprint density at radius 3 is 2.57 bits per heavy atom. The van der Waals surface area contributed by atoms with Crippen molar-refractivity contribution >= 4 is 5.97 Å². The van der Waals surface area contributed by atoms with Gasteiger partial charge in [0.05, 0.1) is 17.7 Å². The number of aliphatic carboxylic acids is 1. The minimum atomic E-state index is -0.680. The Hall–Kier alpha value is -1.32. The summed E-state index contributed by atoms with van der Waals surface area (Å²) in [7, 11) is 0. The largest absolute Gasteiger partial charge is 0.481 e. The van der Waals surface area contributed by atoms with Crippen molar-refractivity contribution in [2.75, 3.05) is 0 Å². The van der Waals surface area contributed by atoms with Gasteiger partial charge in [-0.25, -0.2) is 0 Å². The molecular formula is C17H28N2O2. The smallest absolute Gasteiger partial charge is 0.308 e. The van der Waals surface area contributed by atoms with Gasteiger partial charge >= 0.3 is 5.97 Å². The standard InChI is InChI=1S/C17H28N2O2/c1-6-17(4,5)13-7-8-14(16(20)21)15(10-13)19-12(3)9-11(2)18-19/h9,13-15H,6-8,10H2,1-5H3,(H,20,21). The van der Waals surface area contributed by atoms with E-state index in [-0.39, 0.29) is 17.4 Å². The van der Waals surface area contributed by atoms with Crippen molar-refractivity contribution in [2.24, 2.45) is 17.3 Å². The van der Waals surface area contributed by atoms with E-state index >= 15 is 0 Å². The van der Waals surface area contributed by atoms with Crippen molar-refractivity contribution < 1.29 is 9.90 Å². The highest BCUT2D eigenvalue weighted by molar-refractivity contribution is 5.70. The summed E-state index contributed by atoms with van der Waals surface area (Å²) in [6, 6.07) is 2.02. The first-order valence-electron chi connectivity index (χ1n) is 8.01. The summed E-state index contributed by atoms with van der Waals surface area (Å²) in [6.45, 7) is 10.8. The van der Waals surface area contributed by atoms with Crippen LogP contribution in [-0.4, -0.2) is 20.9 Å². The predicted octanol–water partition coefficient (Wildman–Crippen LogP) is 3.98. The second kappa shape index (κ2) is 5.82. The molecule has 0 amide bonds. The van der Waals surface area contributed by atoms with Crippen molar-refractivity contribution in [1.82, 2.24) is 9.78 Å². The topological polar surface area (TPSA) is 55.1 Å². The lowest BCUT2D eigenvalue weighted by Gasteiger charge is -2.42. The molecule has 21 heavy (non-hydrogen) atoms. The molecule has 1 saturated carbocycles. The van der Waals surface area contributed by atoms with Gasteiger partial charge in [-0.05, 0) is 50.5 Å². The Labute approximate surface area is 127 Å². The summed E-state index contributed by atoms with van der Waals surface area (Å²) >= 11 is 0. The minimum Gasteiger partial charge on any atom is -0.481 e. The van der Waals surface area contributed by atoms with Crippen LogP contribution in [0.2, 0.25) is 0 Å². The molecule has 1 N–H and O–H groups in total. The van der Waals surface area contributed by atoms with Crippen LogP contribution in [0.5, 0.6) is 0 Å². The van der Waals surface area contributed by atoms with E-state index in [2.05, 4.69) is 25.9 Å².